The quantitative estimate of drug-likeness (QED) is 0.387. The molecule has 0 saturated carbocycles. The third kappa shape index (κ3) is 6.25. The number of methoxy groups -OCH3 is 1. The maximum atomic E-state index is 12.3. The van der Waals surface area contributed by atoms with E-state index in [4.69, 9.17) is 18.9 Å². The minimum atomic E-state index is -3.53. The van der Waals surface area contributed by atoms with Gasteiger partial charge in [-0.3, -0.25) is 0 Å². The summed E-state index contributed by atoms with van der Waals surface area (Å²) in [6, 6.07) is 2.77. The van der Waals surface area contributed by atoms with Gasteiger partial charge in [-0.05, 0) is 35.0 Å². The van der Waals surface area contributed by atoms with Crippen molar-refractivity contribution in [3.63, 3.8) is 0 Å². The molecule has 0 fully saturated rings. The summed E-state index contributed by atoms with van der Waals surface area (Å²) in [6.07, 6.45) is 0. The van der Waals surface area contributed by atoms with Gasteiger partial charge in [-0.15, -0.1) is 0 Å². The first kappa shape index (κ1) is 21.9. The van der Waals surface area contributed by atoms with Gasteiger partial charge < -0.3 is 18.9 Å². The van der Waals surface area contributed by atoms with Crippen LogP contribution >= 0.6 is 15.9 Å². The molecular weight excluding hydrogens is 416 g/mol. The molecule has 142 valence electrons. The average Bonchev–Trinajstić information content (AvgIpc) is 2.58. The normalized spacial score (nSPS) is 11.4. The van der Waals surface area contributed by atoms with E-state index in [2.05, 4.69) is 15.9 Å². The number of hydrogen-bond donors (Lipinski definition) is 0. The van der Waals surface area contributed by atoms with E-state index < -0.39 is 15.8 Å². The predicted octanol–water partition coefficient (Wildman–Crippen LogP) is 2.46. The monoisotopic (exact) mass is 438 g/mol. The van der Waals surface area contributed by atoms with Gasteiger partial charge in [0, 0.05) is 7.11 Å². The number of benzene rings is 1. The Morgan fingerprint density at radius 3 is 2.40 bits per heavy atom. The third-order valence-electron chi connectivity index (χ3n) is 3.18. The highest BCUT2D eigenvalue weighted by Crippen LogP contribution is 2.36. The Kier molecular flexibility index (Phi) is 9.41. The summed E-state index contributed by atoms with van der Waals surface area (Å²) in [6.45, 7) is 4.69. The Morgan fingerprint density at radius 1 is 1.12 bits per heavy atom. The lowest BCUT2D eigenvalue weighted by Gasteiger charge is -2.15. The standard InChI is InChI=1S/C16H23BrO7S/c1-4-23-16(18)12-6-7-13(25(19,20)5-2)15(14(12)17)24-11-10-22-9-8-21-3/h6-7H,4-5,8-11H2,1-3H3. The fraction of sp³-hybridized carbons (Fsp3) is 0.562. The second-order valence-corrected chi connectivity index (χ2v) is 7.87. The minimum Gasteiger partial charge on any atom is -0.489 e. The zero-order chi connectivity index (χ0) is 18.9. The van der Waals surface area contributed by atoms with Crippen molar-refractivity contribution < 1.29 is 32.2 Å². The van der Waals surface area contributed by atoms with Crippen LogP contribution in [0.1, 0.15) is 24.2 Å². The molecule has 0 heterocycles. The third-order valence-corrected chi connectivity index (χ3v) is 5.72. The number of carbonyl (C=O) groups is 1. The molecular formula is C16H23BrO7S. The molecule has 0 aliphatic heterocycles. The van der Waals surface area contributed by atoms with E-state index in [1.807, 2.05) is 0 Å². The van der Waals surface area contributed by atoms with Crippen molar-refractivity contribution in [1.82, 2.24) is 0 Å². The lowest BCUT2D eigenvalue weighted by atomic mass is 10.2. The Balaban J connectivity index is 3.06. The van der Waals surface area contributed by atoms with Crippen LogP contribution in [0.4, 0.5) is 0 Å². The van der Waals surface area contributed by atoms with E-state index in [9.17, 15) is 13.2 Å². The fourth-order valence-corrected chi connectivity index (χ4v) is 3.67. The number of esters is 1. The molecule has 0 atom stereocenters. The van der Waals surface area contributed by atoms with Crippen molar-refractivity contribution in [3.05, 3.63) is 22.2 Å². The van der Waals surface area contributed by atoms with Gasteiger partial charge in [-0.25, -0.2) is 13.2 Å². The summed E-state index contributed by atoms with van der Waals surface area (Å²) in [4.78, 5) is 12.0. The molecule has 0 aliphatic rings. The molecule has 9 heteroatoms. The van der Waals surface area contributed by atoms with Crippen LogP contribution in [-0.2, 0) is 24.0 Å². The van der Waals surface area contributed by atoms with Crippen LogP contribution in [0, 0.1) is 0 Å². The van der Waals surface area contributed by atoms with Crippen LogP contribution in [0.3, 0.4) is 0 Å². The van der Waals surface area contributed by atoms with Crippen LogP contribution in [-0.4, -0.2) is 60.3 Å². The zero-order valence-electron chi connectivity index (χ0n) is 14.5. The van der Waals surface area contributed by atoms with E-state index in [0.717, 1.165) is 0 Å². The van der Waals surface area contributed by atoms with Crippen molar-refractivity contribution in [2.24, 2.45) is 0 Å². The lowest BCUT2D eigenvalue weighted by Crippen LogP contribution is -2.14. The number of halogens is 1. The summed E-state index contributed by atoms with van der Waals surface area (Å²) in [7, 11) is -1.96. The summed E-state index contributed by atoms with van der Waals surface area (Å²) < 4.78 is 45.6. The molecule has 0 spiro atoms. The SMILES string of the molecule is CCOC(=O)c1ccc(S(=O)(=O)CC)c(OCCOCCOC)c1Br. The van der Waals surface area contributed by atoms with Gasteiger partial charge >= 0.3 is 5.97 Å². The van der Waals surface area contributed by atoms with Gasteiger partial charge in [0.05, 0.1) is 42.2 Å². The van der Waals surface area contributed by atoms with Gasteiger partial charge in [-0.1, -0.05) is 6.92 Å². The average molecular weight is 439 g/mol. The maximum absolute atomic E-state index is 12.3. The second kappa shape index (κ2) is 10.7. The lowest BCUT2D eigenvalue weighted by molar-refractivity contribution is 0.0516. The Morgan fingerprint density at radius 2 is 1.80 bits per heavy atom. The summed E-state index contributed by atoms with van der Waals surface area (Å²) in [5, 5.41) is 0. The predicted molar refractivity (Wildman–Crippen MR) is 96.0 cm³/mol. The number of carbonyl (C=O) groups excluding carboxylic acids is 1. The molecule has 7 nitrogen and oxygen atoms in total. The van der Waals surface area contributed by atoms with Crippen LogP contribution in [0.15, 0.2) is 21.5 Å². The van der Waals surface area contributed by atoms with Crippen molar-refractivity contribution in [2.45, 2.75) is 18.7 Å². The molecule has 0 amide bonds. The van der Waals surface area contributed by atoms with Crippen molar-refractivity contribution in [3.8, 4) is 5.75 Å². The molecule has 0 aromatic heterocycles. The van der Waals surface area contributed by atoms with Gasteiger partial charge in [0.25, 0.3) is 0 Å². The highest BCUT2D eigenvalue weighted by atomic mass is 79.9. The Hall–Kier alpha value is -1.16. The van der Waals surface area contributed by atoms with Crippen LogP contribution in [0.25, 0.3) is 0 Å². The van der Waals surface area contributed by atoms with Gasteiger partial charge in [-0.2, -0.15) is 0 Å². The van der Waals surface area contributed by atoms with Gasteiger partial charge in [0.15, 0.2) is 15.6 Å². The largest absolute Gasteiger partial charge is 0.489 e. The number of hydrogen-bond acceptors (Lipinski definition) is 7. The molecule has 0 saturated heterocycles. The Labute approximate surface area is 156 Å². The number of sulfone groups is 1. The van der Waals surface area contributed by atoms with Crippen LogP contribution < -0.4 is 4.74 Å². The molecule has 25 heavy (non-hydrogen) atoms. The minimum absolute atomic E-state index is 0.0202. The molecule has 0 N–H and O–H groups in total. The fourth-order valence-electron chi connectivity index (χ4n) is 1.89. The van der Waals surface area contributed by atoms with E-state index >= 15 is 0 Å². The highest BCUT2D eigenvalue weighted by molar-refractivity contribution is 9.10. The van der Waals surface area contributed by atoms with Crippen LogP contribution in [0.5, 0.6) is 5.75 Å². The van der Waals surface area contributed by atoms with E-state index in [1.165, 1.54) is 12.1 Å². The topological polar surface area (TPSA) is 88.1 Å². The molecule has 0 aliphatic carbocycles. The van der Waals surface area contributed by atoms with Crippen molar-refractivity contribution in [1.29, 1.82) is 0 Å². The highest BCUT2D eigenvalue weighted by Gasteiger charge is 2.25. The van der Waals surface area contributed by atoms with E-state index in [1.54, 1.807) is 21.0 Å². The van der Waals surface area contributed by atoms with E-state index in [-0.39, 0.29) is 46.3 Å². The summed E-state index contributed by atoms with van der Waals surface area (Å²) >= 11 is 3.27. The molecule has 1 aromatic carbocycles. The van der Waals surface area contributed by atoms with Crippen molar-refractivity contribution >= 4 is 31.7 Å². The Bertz CT molecular complexity index is 673. The summed E-state index contributed by atoms with van der Waals surface area (Å²) in [5.74, 6) is -0.558. The van der Waals surface area contributed by atoms with Crippen molar-refractivity contribution in [2.75, 3.05) is 45.9 Å². The molecule has 1 aromatic rings. The molecule has 0 unspecified atom stereocenters. The molecule has 0 radical (unpaired) electrons. The number of rotatable bonds is 11. The first-order valence-electron chi connectivity index (χ1n) is 7.80. The number of ether oxygens (including phenoxy) is 4. The van der Waals surface area contributed by atoms with E-state index in [0.29, 0.717) is 13.2 Å². The summed E-state index contributed by atoms with van der Waals surface area (Å²) in [5.41, 5.74) is 0.201. The molecule has 0 bridgehead atoms. The smallest absolute Gasteiger partial charge is 0.339 e. The van der Waals surface area contributed by atoms with Crippen LogP contribution in [0.2, 0.25) is 0 Å². The zero-order valence-corrected chi connectivity index (χ0v) is 16.9. The molecule has 1 rings (SSSR count). The van der Waals surface area contributed by atoms with Gasteiger partial charge in [0.2, 0.25) is 0 Å². The maximum Gasteiger partial charge on any atom is 0.339 e. The first-order valence-corrected chi connectivity index (χ1v) is 10.2. The first-order chi connectivity index (χ1) is 11.9. The second-order valence-electron chi connectivity index (χ2n) is 4.83. The van der Waals surface area contributed by atoms with Gasteiger partial charge in [0.1, 0.15) is 11.5 Å².